The van der Waals surface area contributed by atoms with Crippen molar-refractivity contribution in [2.75, 3.05) is 7.11 Å². The Bertz CT molecular complexity index is 621. The van der Waals surface area contributed by atoms with Gasteiger partial charge in [0.05, 0.1) is 12.1 Å². The summed E-state index contributed by atoms with van der Waals surface area (Å²) in [5, 5.41) is 0.592. The molecule has 0 saturated heterocycles. The first kappa shape index (κ1) is 15.3. The molecule has 0 fully saturated rings. The lowest BCUT2D eigenvalue weighted by atomic mass is 9.99. The highest BCUT2D eigenvalue weighted by atomic mass is 79.9. The fourth-order valence-corrected chi connectivity index (χ4v) is 2.66. The van der Waals surface area contributed by atoms with Crippen LogP contribution in [0.15, 0.2) is 40.9 Å². The smallest absolute Gasteiger partial charge is 0.165 e. The third-order valence-electron chi connectivity index (χ3n) is 3.05. The Hall–Kier alpha value is -1.10. The Morgan fingerprint density at radius 1 is 1.35 bits per heavy atom. The number of rotatable bonds is 4. The van der Waals surface area contributed by atoms with Crippen LogP contribution in [0.3, 0.4) is 0 Å². The molecule has 2 rings (SSSR count). The van der Waals surface area contributed by atoms with Crippen LogP contribution in [0.5, 0.6) is 5.75 Å². The molecule has 1 atom stereocenters. The van der Waals surface area contributed by atoms with E-state index in [1.807, 2.05) is 18.2 Å². The van der Waals surface area contributed by atoms with Crippen LogP contribution >= 0.6 is 27.5 Å². The molecule has 106 valence electrons. The molecule has 1 unspecified atom stereocenters. The van der Waals surface area contributed by atoms with E-state index in [1.54, 1.807) is 12.1 Å². The van der Waals surface area contributed by atoms with Crippen molar-refractivity contribution in [2.24, 2.45) is 5.73 Å². The largest absolute Gasteiger partial charge is 0.494 e. The van der Waals surface area contributed by atoms with Crippen LogP contribution < -0.4 is 10.5 Å². The Kier molecular flexibility index (Phi) is 5.02. The van der Waals surface area contributed by atoms with E-state index < -0.39 is 5.82 Å². The maximum Gasteiger partial charge on any atom is 0.165 e. The van der Waals surface area contributed by atoms with Gasteiger partial charge < -0.3 is 10.5 Å². The van der Waals surface area contributed by atoms with Gasteiger partial charge in [-0.25, -0.2) is 4.39 Å². The first-order chi connectivity index (χ1) is 9.52. The number of benzene rings is 2. The van der Waals surface area contributed by atoms with E-state index in [9.17, 15) is 4.39 Å². The molecule has 0 bridgehead atoms. The van der Waals surface area contributed by atoms with Crippen molar-refractivity contribution in [2.45, 2.75) is 12.5 Å². The topological polar surface area (TPSA) is 35.2 Å². The molecule has 0 aliphatic heterocycles. The lowest BCUT2D eigenvalue weighted by Gasteiger charge is -2.15. The van der Waals surface area contributed by atoms with Gasteiger partial charge >= 0.3 is 0 Å². The van der Waals surface area contributed by atoms with E-state index >= 15 is 0 Å². The molecule has 2 aromatic carbocycles. The summed E-state index contributed by atoms with van der Waals surface area (Å²) in [5.74, 6) is -0.166. The first-order valence-corrected chi connectivity index (χ1v) is 7.22. The second-order valence-corrected chi connectivity index (χ2v) is 5.65. The zero-order chi connectivity index (χ0) is 14.7. The van der Waals surface area contributed by atoms with Crippen molar-refractivity contribution in [3.05, 3.63) is 62.8 Å². The first-order valence-electron chi connectivity index (χ1n) is 6.05. The number of methoxy groups -OCH3 is 1. The standard InChI is InChI=1S/C15H14BrClFNO/c1-20-14-6-5-9(7-12(14)18)8-13(19)10-3-2-4-11(16)15(10)17/h2-7,13H,8,19H2,1H3. The summed E-state index contributed by atoms with van der Waals surface area (Å²) >= 11 is 9.58. The van der Waals surface area contributed by atoms with Gasteiger partial charge in [-0.2, -0.15) is 0 Å². The number of ether oxygens (including phenoxy) is 1. The van der Waals surface area contributed by atoms with E-state index in [1.165, 1.54) is 13.2 Å². The summed E-state index contributed by atoms with van der Waals surface area (Å²) < 4.78 is 19.3. The molecular weight excluding hydrogens is 345 g/mol. The SMILES string of the molecule is COc1ccc(CC(N)c2cccc(Br)c2Cl)cc1F. The van der Waals surface area contributed by atoms with Crippen LogP contribution in [0, 0.1) is 5.82 Å². The molecule has 2 N–H and O–H groups in total. The highest BCUT2D eigenvalue weighted by molar-refractivity contribution is 9.10. The molecule has 2 nitrogen and oxygen atoms in total. The maximum absolute atomic E-state index is 13.6. The third-order valence-corrected chi connectivity index (χ3v) is 4.36. The van der Waals surface area contributed by atoms with Gasteiger partial charge in [0, 0.05) is 10.5 Å². The molecule has 0 amide bonds. The zero-order valence-corrected chi connectivity index (χ0v) is 13.2. The lowest BCUT2D eigenvalue weighted by molar-refractivity contribution is 0.386. The fourth-order valence-electron chi connectivity index (χ4n) is 2.01. The molecule has 0 aromatic heterocycles. The summed E-state index contributed by atoms with van der Waals surface area (Å²) in [6.07, 6.45) is 0.497. The Labute approximate surface area is 130 Å². The van der Waals surface area contributed by atoms with Gasteiger partial charge in [0.15, 0.2) is 11.6 Å². The molecule has 20 heavy (non-hydrogen) atoms. The van der Waals surface area contributed by atoms with E-state index in [-0.39, 0.29) is 11.8 Å². The van der Waals surface area contributed by atoms with Crippen molar-refractivity contribution in [1.82, 2.24) is 0 Å². The van der Waals surface area contributed by atoms with Gasteiger partial charge in [-0.3, -0.25) is 0 Å². The van der Waals surface area contributed by atoms with Crippen LogP contribution in [0.1, 0.15) is 17.2 Å². The molecule has 5 heteroatoms. The number of halogens is 3. The van der Waals surface area contributed by atoms with E-state index in [0.717, 1.165) is 15.6 Å². The van der Waals surface area contributed by atoms with E-state index in [2.05, 4.69) is 15.9 Å². The van der Waals surface area contributed by atoms with Crippen LogP contribution in [0.4, 0.5) is 4.39 Å². The Balaban J connectivity index is 2.21. The second-order valence-electron chi connectivity index (χ2n) is 4.42. The second kappa shape index (κ2) is 6.57. The number of hydrogen-bond donors (Lipinski definition) is 1. The average molecular weight is 359 g/mol. The predicted molar refractivity (Wildman–Crippen MR) is 82.7 cm³/mol. The Morgan fingerprint density at radius 2 is 2.10 bits per heavy atom. The van der Waals surface area contributed by atoms with E-state index in [0.29, 0.717) is 11.4 Å². The van der Waals surface area contributed by atoms with Crippen LogP contribution in [-0.2, 0) is 6.42 Å². The van der Waals surface area contributed by atoms with Crippen molar-refractivity contribution >= 4 is 27.5 Å². The van der Waals surface area contributed by atoms with Crippen LogP contribution in [0.2, 0.25) is 5.02 Å². The normalized spacial score (nSPS) is 12.2. The molecule has 0 spiro atoms. The van der Waals surface area contributed by atoms with Gasteiger partial charge in [0.2, 0.25) is 0 Å². The van der Waals surface area contributed by atoms with Crippen LogP contribution in [-0.4, -0.2) is 7.11 Å². The molecule has 0 aliphatic rings. The quantitative estimate of drug-likeness (QED) is 0.874. The van der Waals surface area contributed by atoms with E-state index in [4.69, 9.17) is 22.1 Å². The summed E-state index contributed by atoms with van der Waals surface area (Å²) in [4.78, 5) is 0. The zero-order valence-electron chi connectivity index (χ0n) is 10.9. The van der Waals surface area contributed by atoms with Gasteiger partial charge in [0.1, 0.15) is 0 Å². The van der Waals surface area contributed by atoms with Gasteiger partial charge in [-0.1, -0.05) is 29.8 Å². The predicted octanol–water partition coefficient (Wildman–Crippen LogP) is 4.49. The lowest BCUT2D eigenvalue weighted by Crippen LogP contribution is -2.14. The van der Waals surface area contributed by atoms with Gasteiger partial charge in [0.25, 0.3) is 0 Å². The molecule has 0 saturated carbocycles. The minimum atomic E-state index is -0.391. The van der Waals surface area contributed by atoms with Crippen molar-refractivity contribution in [3.8, 4) is 5.75 Å². The highest BCUT2D eigenvalue weighted by Crippen LogP contribution is 2.31. The van der Waals surface area contributed by atoms with Gasteiger partial charge in [-0.05, 0) is 51.7 Å². The van der Waals surface area contributed by atoms with Crippen molar-refractivity contribution in [3.63, 3.8) is 0 Å². The summed E-state index contributed by atoms with van der Waals surface area (Å²) in [5.41, 5.74) is 7.79. The maximum atomic E-state index is 13.6. The summed E-state index contributed by atoms with van der Waals surface area (Å²) in [6.45, 7) is 0. The fraction of sp³-hybridized carbons (Fsp3) is 0.200. The molecular formula is C15H14BrClFNO. The Morgan fingerprint density at radius 3 is 2.75 bits per heavy atom. The third kappa shape index (κ3) is 3.32. The minimum absolute atomic E-state index is 0.225. The summed E-state index contributed by atoms with van der Waals surface area (Å²) in [6, 6.07) is 10.1. The van der Waals surface area contributed by atoms with Crippen LogP contribution in [0.25, 0.3) is 0 Å². The summed E-state index contributed by atoms with van der Waals surface area (Å²) in [7, 11) is 1.44. The minimum Gasteiger partial charge on any atom is -0.494 e. The highest BCUT2D eigenvalue weighted by Gasteiger charge is 2.14. The molecule has 0 radical (unpaired) electrons. The number of nitrogens with two attached hydrogens (primary N) is 1. The molecule has 0 heterocycles. The average Bonchev–Trinajstić information content (AvgIpc) is 2.42. The molecule has 2 aromatic rings. The number of hydrogen-bond acceptors (Lipinski definition) is 2. The van der Waals surface area contributed by atoms with Crippen molar-refractivity contribution < 1.29 is 9.13 Å². The van der Waals surface area contributed by atoms with Gasteiger partial charge in [-0.15, -0.1) is 0 Å². The van der Waals surface area contributed by atoms with Crippen molar-refractivity contribution in [1.29, 1.82) is 0 Å². The molecule has 0 aliphatic carbocycles. The monoisotopic (exact) mass is 357 g/mol.